The van der Waals surface area contributed by atoms with Gasteiger partial charge in [-0.05, 0) is 34.1 Å². The second kappa shape index (κ2) is 6.65. The molecule has 1 N–H and O–H groups in total. The molecule has 18 heavy (non-hydrogen) atoms. The summed E-state index contributed by atoms with van der Waals surface area (Å²) in [5, 5.41) is 12.7. The number of nitrogens with zero attached hydrogens (tertiary/aromatic N) is 2. The van der Waals surface area contributed by atoms with E-state index in [1.165, 1.54) is 0 Å². The molecule has 0 aromatic carbocycles. The SMILES string of the molecule is CC(C)NC(C)(C#N)CC(C)N1CCS(=O)CC1. The first-order valence-corrected chi connectivity index (χ1v) is 8.13. The van der Waals surface area contributed by atoms with Gasteiger partial charge in [-0.1, -0.05) is 0 Å². The van der Waals surface area contributed by atoms with Gasteiger partial charge in [0.05, 0.1) is 6.07 Å². The van der Waals surface area contributed by atoms with Crippen LogP contribution < -0.4 is 5.32 Å². The standard InChI is InChI=1S/C13H25N3OS/c1-11(2)15-13(4,10-14)9-12(3)16-5-7-18(17)8-6-16/h11-12,15H,5-9H2,1-4H3. The molecule has 1 rings (SSSR count). The minimum atomic E-state index is -0.634. The Balaban J connectivity index is 2.54. The summed E-state index contributed by atoms with van der Waals surface area (Å²) in [5.41, 5.74) is -0.482. The van der Waals surface area contributed by atoms with E-state index in [0.717, 1.165) is 31.0 Å². The lowest BCUT2D eigenvalue weighted by atomic mass is 9.93. The smallest absolute Gasteiger partial charge is 0.105 e. The zero-order valence-electron chi connectivity index (χ0n) is 11.9. The molecule has 1 saturated heterocycles. The highest BCUT2D eigenvalue weighted by Crippen LogP contribution is 2.18. The van der Waals surface area contributed by atoms with Gasteiger partial charge in [0.15, 0.2) is 0 Å². The summed E-state index contributed by atoms with van der Waals surface area (Å²) in [7, 11) is -0.634. The van der Waals surface area contributed by atoms with Gasteiger partial charge in [0, 0.05) is 47.5 Å². The molecular formula is C13H25N3OS. The summed E-state index contributed by atoms with van der Waals surface area (Å²) in [4.78, 5) is 2.35. The van der Waals surface area contributed by atoms with Crippen LogP contribution in [0.3, 0.4) is 0 Å². The molecule has 0 spiro atoms. The van der Waals surface area contributed by atoms with Gasteiger partial charge in [-0.25, -0.2) is 0 Å². The first-order valence-electron chi connectivity index (χ1n) is 6.64. The van der Waals surface area contributed by atoms with Crippen molar-refractivity contribution in [1.82, 2.24) is 10.2 Å². The van der Waals surface area contributed by atoms with E-state index in [0.29, 0.717) is 12.1 Å². The second-order valence-electron chi connectivity index (χ2n) is 5.68. The Morgan fingerprint density at radius 1 is 1.39 bits per heavy atom. The number of hydrogen-bond acceptors (Lipinski definition) is 4. The molecule has 0 aliphatic carbocycles. The van der Waals surface area contributed by atoms with Gasteiger partial charge < -0.3 is 0 Å². The monoisotopic (exact) mass is 271 g/mol. The van der Waals surface area contributed by atoms with E-state index in [1.807, 2.05) is 6.92 Å². The van der Waals surface area contributed by atoms with Crippen LogP contribution in [-0.2, 0) is 10.8 Å². The molecule has 0 radical (unpaired) electrons. The fourth-order valence-electron chi connectivity index (χ4n) is 2.59. The molecule has 5 heteroatoms. The molecule has 1 heterocycles. The normalized spacial score (nSPS) is 23.6. The van der Waals surface area contributed by atoms with Crippen LogP contribution in [0, 0.1) is 11.3 Å². The van der Waals surface area contributed by atoms with Gasteiger partial charge in [0.25, 0.3) is 0 Å². The van der Waals surface area contributed by atoms with Crippen molar-refractivity contribution in [2.24, 2.45) is 0 Å². The van der Waals surface area contributed by atoms with Crippen molar-refractivity contribution in [3.63, 3.8) is 0 Å². The van der Waals surface area contributed by atoms with E-state index in [9.17, 15) is 9.47 Å². The van der Waals surface area contributed by atoms with E-state index in [2.05, 4.69) is 37.1 Å². The van der Waals surface area contributed by atoms with Crippen LogP contribution in [-0.4, -0.2) is 51.3 Å². The Labute approximate surface area is 113 Å². The Hall–Kier alpha value is -0.440. The van der Waals surface area contributed by atoms with E-state index < -0.39 is 16.3 Å². The zero-order valence-corrected chi connectivity index (χ0v) is 12.7. The molecule has 0 saturated carbocycles. The summed E-state index contributed by atoms with van der Waals surface area (Å²) >= 11 is 0. The first kappa shape index (κ1) is 15.6. The molecule has 1 aliphatic heterocycles. The van der Waals surface area contributed by atoms with E-state index in [-0.39, 0.29) is 0 Å². The van der Waals surface area contributed by atoms with Crippen molar-refractivity contribution >= 4 is 10.8 Å². The number of rotatable bonds is 5. The van der Waals surface area contributed by atoms with Crippen LogP contribution in [0.25, 0.3) is 0 Å². The fraction of sp³-hybridized carbons (Fsp3) is 0.923. The third kappa shape index (κ3) is 4.68. The van der Waals surface area contributed by atoms with Crippen molar-refractivity contribution in [2.75, 3.05) is 24.6 Å². The maximum Gasteiger partial charge on any atom is 0.105 e. The molecule has 0 amide bonds. The van der Waals surface area contributed by atoms with Crippen LogP contribution in [0.5, 0.6) is 0 Å². The zero-order chi connectivity index (χ0) is 13.8. The summed E-state index contributed by atoms with van der Waals surface area (Å²) in [6.07, 6.45) is 0.800. The predicted octanol–water partition coefficient (Wildman–Crippen LogP) is 1.11. The fourth-order valence-corrected chi connectivity index (χ4v) is 3.67. The van der Waals surface area contributed by atoms with E-state index in [1.54, 1.807) is 0 Å². The van der Waals surface area contributed by atoms with Gasteiger partial charge in [-0.15, -0.1) is 0 Å². The largest absolute Gasteiger partial charge is 0.299 e. The van der Waals surface area contributed by atoms with Crippen molar-refractivity contribution in [3.05, 3.63) is 0 Å². The second-order valence-corrected chi connectivity index (χ2v) is 7.38. The first-order chi connectivity index (χ1) is 8.36. The molecule has 2 unspecified atom stereocenters. The topological polar surface area (TPSA) is 56.1 Å². The minimum absolute atomic E-state index is 0.302. The van der Waals surface area contributed by atoms with Crippen LogP contribution in [0.1, 0.15) is 34.1 Å². The van der Waals surface area contributed by atoms with Crippen molar-refractivity contribution in [3.8, 4) is 6.07 Å². The molecule has 2 atom stereocenters. The van der Waals surface area contributed by atoms with Crippen molar-refractivity contribution in [1.29, 1.82) is 5.26 Å². The van der Waals surface area contributed by atoms with Crippen LogP contribution in [0.2, 0.25) is 0 Å². The average Bonchev–Trinajstić information content (AvgIpc) is 2.28. The van der Waals surface area contributed by atoms with Gasteiger partial charge >= 0.3 is 0 Å². The lowest BCUT2D eigenvalue weighted by Gasteiger charge is -2.36. The Morgan fingerprint density at radius 2 is 1.94 bits per heavy atom. The summed E-state index contributed by atoms with van der Waals surface area (Å²) < 4.78 is 11.3. The Morgan fingerprint density at radius 3 is 2.39 bits per heavy atom. The molecule has 1 aliphatic rings. The molecule has 0 bridgehead atoms. The minimum Gasteiger partial charge on any atom is -0.299 e. The summed E-state index contributed by atoms with van der Waals surface area (Å²) in [5.74, 6) is 1.54. The van der Waals surface area contributed by atoms with E-state index >= 15 is 0 Å². The van der Waals surface area contributed by atoms with Crippen LogP contribution >= 0.6 is 0 Å². The van der Waals surface area contributed by atoms with Crippen molar-refractivity contribution < 1.29 is 4.21 Å². The maximum absolute atomic E-state index is 11.3. The van der Waals surface area contributed by atoms with Crippen LogP contribution in [0.15, 0.2) is 0 Å². The maximum atomic E-state index is 11.3. The Kier molecular flexibility index (Phi) is 5.77. The number of nitrogens with one attached hydrogen (secondary N) is 1. The third-order valence-electron chi connectivity index (χ3n) is 3.39. The van der Waals surface area contributed by atoms with Crippen LogP contribution in [0.4, 0.5) is 0 Å². The highest BCUT2D eigenvalue weighted by atomic mass is 32.2. The third-order valence-corrected chi connectivity index (χ3v) is 4.67. The average molecular weight is 271 g/mol. The van der Waals surface area contributed by atoms with Gasteiger partial charge in [-0.2, -0.15) is 5.26 Å². The van der Waals surface area contributed by atoms with Gasteiger partial charge in [-0.3, -0.25) is 14.4 Å². The lowest BCUT2D eigenvalue weighted by Crippen LogP contribution is -2.51. The highest BCUT2D eigenvalue weighted by Gasteiger charge is 2.30. The van der Waals surface area contributed by atoms with Crippen molar-refractivity contribution in [2.45, 2.75) is 51.7 Å². The molecule has 0 aromatic heterocycles. The molecule has 0 aromatic rings. The molecule has 1 fully saturated rings. The molecule has 4 nitrogen and oxygen atoms in total. The molecular weight excluding hydrogens is 246 g/mol. The number of hydrogen-bond donors (Lipinski definition) is 1. The number of nitriles is 1. The summed E-state index contributed by atoms with van der Waals surface area (Å²) in [6.45, 7) is 10.0. The quantitative estimate of drug-likeness (QED) is 0.814. The van der Waals surface area contributed by atoms with E-state index in [4.69, 9.17) is 0 Å². The lowest BCUT2D eigenvalue weighted by molar-refractivity contribution is 0.187. The Bertz CT molecular complexity index is 330. The predicted molar refractivity (Wildman–Crippen MR) is 75.8 cm³/mol. The highest BCUT2D eigenvalue weighted by molar-refractivity contribution is 7.85. The summed E-state index contributed by atoms with van der Waals surface area (Å²) in [6, 6.07) is 3.04. The van der Waals surface area contributed by atoms with Gasteiger partial charge in [0.2, 0.25) is 0 Å². The molecule has 104 valence electrons. The van der Waals surface area contributed by atoms with Gasteiger partial charge in [0.1, 0.15) is 5.54 Å².